The van der Waals surface area contributed by atoms with E-state index in [1.807, 2.05) is 0 Å². The van der Waals surface area contributed by atoms with Crippen molar-refractivity contribution in [1.29, 1.82) is 0 Å². The molecule has 2 nitrogen and oxygen atoms in total. The minimum Gasteiger partial charge on any atom is -0.377 e. The SMILES string of the molecule is CC(C)CCCOC1CCCN(C)C1. The number of nitrogens with zero attached hydrogens (tertiary/aromatic N) is 1. The molecule has 0 aromatic heterocycles. The summed E-state index contributed by atoms with van der Waals surface area (Å²) in [6.45, 7) is 7.87. The average molecular weight is 199 g/mol. The van der Waals surface area contributed by atoms with E-state index in [9.17, 15) is 0 Å². The molecule has 0 bridgehead atoms. The quantitative estimate of drug-likeness (QED) is 0.631. The van der Waals surface area contributed by atoms with Crippen LogP contribution in [0.15, 0.2) is 0 Å². The van der Waals surface area contributed by atoms with E-state index in [2.05, 4.69) is 25.8 Å². The van der Waals surface area contributed by atoms with Crippen LogP contribution < -0.4 is 0 Å². The Balaban J connectivity index is 2.00. The van der Waals surface area contributed by atoms with Gasteiger partial charge in [0, 0.05) is 13.2 Å². The molecular weight excluding hydrogens is 174 g/mol. The van der Waals surface area contributed by atoms with Gasteiger partial charge in [0.2, 0.25) is 0 Å². The van der Waals surface area contributed by atoms with E-state index in [1.54, 1.807) is 0 Å². The van der Waals surface area contributed by atoms with Crippen LogP contribution in [0.3, 0.4) is 0 Å². The molecule has 0 aromatic rings. The molecule has 1 heterocycles. The molecule has 0 amide bonds. The highest BCUT2D eigenvalue weighted by Crippen LogP contribution is 2.12. The van der Waals surface area contributed by atoms with E-state index >= 15 is 0 Å². The Kier molecular flexibility index (Phi) is 5.49. The largest absolute Gasteiger partial charge is 0.377 e. The number of rotatable bonds is 5. The minimum atomic E-state index is 0.501. The highest BCUT2D eigenvalue weighted by Gasteiger charge is 2.16. The van der Waals surface area contributed by atoms with Crippen molar-refractivity contribution in [2.45, 2.75) is 45.6 Å². The van der Waals surface area contributed by atoms with Crippen LogP contribution in [0.2, 0.25) is 0 Å². The summed E-state index contributed by atoms with van der Waals surface area (Å²) < 4.78 is 5.86. The van der Waals surface area contributed by atoms with Crippen LogP contribution in [-0.4, -0.2) is 37.7 Å². The Morgan fingerprint density at radius 2 is 2.21 bits per heavy atom. The molecule has 1 aliphatic rings. The lowest BCUT2D eigenvalue weighted by atomic mass is 10.1. The summed E-state index contributed by atoms with van der Waals surface area (Å²) in [6.07, 6.45) is 5.57. The van der Waals surface area contributed by atoms with Gasteiger partial charge in [-0.2, -0.15) is 0 Å². The zero-order valence-electron chi connectivity index (χ0n) is 9.96. The maximum absolute atomic E-state index is 5.86. The zero-order chi connectivity index (χ0) is 10.4. The lowest BCUT2D eigenvalue weighted by Crippen LogP contribution is -2.37. The second kappa shape index (κ2) is 6.41. The summed E-state index contributed by atoms with van der Waals surface area (Å²) in [5.74, 6) is 0.813. The molecular formula is C12H25NO. The van der Waals surface area contributed by atoms with Gasteiger partial charge in [0.25, 0.3) is 0 Å². The Hall–Kier alpha value is -0.0800. The van der Waals surface area contributed by atoms with Crippen molar-refractivity contribution in [3.63, 3.8) is 0 Å². The van der Waals surface area contributed by atoms with Crippen LogP contribution >= 0.6 is 0 Å². The minimum absolute atomic E-state index is 0.501. The van der Waals surface area contributed by atoms with Crippen molar-refractivity contribution in [2.24, 2.45) is 5.92 Å². The smallest absolute Gasteiger partial charge is 0.0702 e. The van der Waals surface area contributed by atoms with Crippen LogP contribution in [0.25, 0.3) is 0 Å². The molecule has 2 heteroatoms. The van der Waals surface area contributed by atoms with Gasteiger partial charge in [-0.1, -0.05) is 13.8 Å². The van der Waals surface area contributed by atoms with Crippen LogP contribution in [0, 0.1) is 5.92 Å². The third-order valence-corrected chi connectivity index (χ3v) is 2.86. The summed E-state index contributed by atoms with van der Waals surface area (Å²) in [5.41, 5.74) is 0. The fourth-order valence-corrected chi connectivity index (χ4v) is 2.00. The molecule has 0 spiro atoms. The molecule has 1 atom stereocenters. The first-order valence-corrected chi connectivity index (χ1v) is 5.98. The lowest BCUT2D eigenvalue weighted by molar-refractivity contribution is 0.00416. The van der Waals surface area contributed by atoms with E-state index in [0.717, 1.165) is 19.1 Å². The van der Waals surface area contributed by atoms with Gasteiger partial charge in [-0.25, -0.2) is 0 Å². The highest BCUT2D eigenvalue weighted by atomic mass is 16.5. The van der Waals surface area contributed by atoms with E-state index in [4.69, 9.17) is 4.74 Å². The molecule has 0 aromatic carbocycles. The maximum atomic E-state index is 5.86. The number of piperidine rings is 1. The summed E-state index contributed by atoms with van der Waals surface area (Å²) >= 11 is 0. The van der Waals surface area contributed by atoms with Gasteiger partial charge in [-0.3, -0.25) is 0 Å². The molecule has 0 aliphatic carbocycles. The van der Waals surface area contributed by atoms with Crippen molar-refractivity contribution in [3.8, 4) is 0 Å². The third-order valence-electron chi connectivity index (χ3n) is 2.86. The zero-order valence-corrected chi connectivity index (χ0v) is 9.96. The van der Waals surface area contributed by atoms with Gasteiger partial charge in [0.05, 0.1) is 6.10 Å². The second-order valence-corrected chi connectivity index (χ2v) is 4.93. The molecule has 1 fully saturated rings. The molecule has 1 rings (SSSR count). The molecule has 14 heavy (non-hydrogen) atoms. The molecule has 0 N–H and O–H groups in total. The number of likely N-dealkylation sites (N-methyl/N-ethyl adjacent to an activating group) is 1. The number of ether oxygens (including phenoxy) is 1. The van der Waals surface area contributed by atoms with Gasteiger partial charge < -0.3 is 9.64 Å². The lowest BCUT2D eigenvalue weighted by Gasteiger charge is -2.29. The third kappa shape index (κ3) is 4.97. The second-order valence-electron chi connectivity index (χ2n) is 4.93. The van der Waals surface area contributed by atoms with Gasteiger partial charge in [-0.05, 0) is 45.2 Å². The first-order valence-electron chi connectivity index (χ1n) is 5.98. The predicted octanol–water partition coefficient (Wildman–Crippen LogP) is 2.53. The van der Waals surface area contributed by atoms with E-state index in [0.29, 0.717) is 6.10 Å². The molecule has 0 radical (unpaired) electrons. The Bertz CT molecular complexity index is 147. The first kappa shape index (κ1) is 12.0. The number of likely N-dealkylation sites (tertiary alicyclic amines) is 1. The van der Waals surface area contributed by atoms with Crippen LogP contribution in [-0.2, 0) is 4.74 Å². The fraction of sp³-hybridized carbons (Fsp3) is 1.00. The Morgan fingerprint density at radius 3 is 2.86 bits per heavy atom. The monoisotopic (exact) mass is 199 g/mol. The van der Waals surface area contributed by atoms with Crippen molar-refractivity contribution in [2.75, 3.05) is 26.7 Å². The van der Waals surface area contributed by atoms with Gasteiger partial charge >= 0.3 is 0 Å². The first-order chi connectivity index (χ1) is 6.68. The van der Waals surface area contributed by atoms with E-state index in [-0.39, 0.29) is 0 Å². The highest BCUT2D eigenvalue weighted by molar-refractivity contribution is 4.70. The van der Waals surface area contributed by atoms with Crippen molar-refractivity contribution < 1.29 is 4.74 Å². The standard InChI is InChI=1S/C12H25NO/c1-11(2)6-5-9-14-12-7-4-8-13(3)10-12/h11-12H,4-10H2,1-3H3. The van der Waals surface area contributed by atoms with Crippen molar-refractivity contribution in [1.82, 2.24) is 4.90 Å². The number of hydrogen-bond donors (Lipinski definition) is 0. The van der Waals surface area contributed by atoms with E-state index < -0.39 is 0 Å². The maximum Gasteiger partial charge on any atom is 0.0702 e. The molecule has 1 unspecified atom stereocenters. The summed E-state index contributed by atoms with van der Waals surface area (Å²) in [4.78, 5) is 2.37. The molecule has 0 saturated carbocycles. The Morgan fingerprint density at radius 1 is 1.43 bits per heavy atom. The average Bonchev–Trinajstić information content (AvgIpc) is 2.12. The van der Waals surface area contributed by atoms with Gasteiger partial charge in [0.15, 0.2) is 0 Å². The topological polar surface area (TPSA) is 12.5 Å². The molecule has 1 saturated heterocycles. The Labute approximate surface area is 88.6 Å². The van der Waals surface area contributed by atoms with Gasteiger partial charge in [-0.15, -0.1) is 0 Å². The fourth-order valence-electron chi connectivity index (χ4n) is 2.00. The summed E-state index contributed by atoms with van der Waals surface area (Å²) in [5, 5.41) is 0. The van der Waals surface area contributed by atoms with Crippen LogP contribution in [0.4, 0.5) is 0 Å². The van der Waals surface area contributed by atoms with Crippen molar-refractivity contribution in [3.05, 3.63) is 0 Å². The van der Waals surface area contributed by atoms with Crippen molar-refractivity contribution >= 4 is 0 Å². The van der Waals surface area contributed by atoms with Crippen LogP contribution in [0.5, 0.6) is 0 Å². The van der Waals surface area contributed by atoms with Crippen LogP contribution in [0.1, 0.15) is 39.5 Å². The summed E-state index contributed by atoms with van der Waals surface area (Å²) in [7, 11) is 2.18. The molecule has 1 aliphatic heterocycles. The predicted molar refractivity (Wildman–Crippen MR) is 60.5 cm³/mol. The summed E-state index contributed by atoms with van der Waals surface area (Å²) in [6, 6.07) is 0. The number of hydrogen-bond acceptors (Lipinski definition) is 2. The molecule has 84 valence electrons. The van der Waals surface area contributed by atoms with Gasteiger partial charge in [0.1, 0.15) is 0 Å². The van der Waals surface area contributed by atoms with E-state index in [1.165, 1.54) is 32.2 Å². The normalized spacial score (nSPS) is 24.4.